The molecule has 0 spiro atoms. The fourth-order valence-electron chi connectivity index (χ4n) is 4.37. The zero-order valence-electron chi connectivity index (χ0n) is 22.8. The average molecular weight is 591 g/mol. The molecule has 14 heteroatoms. The Balaban J connectivity index is 0.000000517. The highest BCUT2D eigenvalue weighted by Crippen LogP contribution is 2.21. The third-order valence-corrected chi connectivity index (χ3v) is 6.58. The van der Waals surface area contributed by atoms with Crippen LogP contribution in [0.1, 0.15) is 10.4 Å². The second kappa shape index (κ2) is 14.7. The molecule has 2 fully saturated rings. The van der Waals surface area contributed by atoms with Crippen molar-refractivity contribution in [1.29, 1.82) is 0 Å². The van der Waals surface area contributed by atoms with Crippen LogP contribution in [0.25, 0.3) is 5.69 Å². The van der Waals surface area contributed by atoms with Gasteiger partial charge in [-0.05, 0) is 42.5 Å². The van der Waals surface area contributed by atoms with Crippen LogP contribution in [-0.4, -0.2) is 104 Å². The first-order valence-electron chi connectivity index (χ1n) is 13.4. The van der Waals surface area contributed by atoms with E-state index in [1.165, 1.54) is 0 Å². The van der Waals surface area contributed by atoms with Crippen LogP contribution in [0.4, 0.5) is 30.4 Å². The van der Waals surface area contributed by atoms with Crippen molar-refractivity contribution in [2.24, 2.45) is 0 Å². The Morgan fingerprint density at radius 1 is 0.905 bits per heavy atom. The standard InChI is InChI=1S/C26H32N6O3.C2HF3O2/c33-26(29-22-4-6-23(7-5-22)31-14-18-35-19-15-31)21-2-1-3-24(20-21)32-25(8-9-28-32)27-10-11-30-12-16-34-17-13-30;3-2(4,5)1(6)7/h1-9,20,27H,10-19H2,(H,29,33);(H,6,7). The van der Waals surface area contributed by atoms with Crippen molar-refractivity contribution >= 4 is 29.1 Å². The van der Waals surface area contributed by atoms with Gasteiger partial charge >= 0.3 is 12.1 Å². The number of amides is 1. The molecule has 3 heterocycles. The van der Waals surface area contributed by atoms with Gasteiger partial charge in [-0.1, -0.05) is 6.07 Å². The fraction of sp³-hybridized carbons (Fsp3) is 0.393. The molecule has 2 saturated heterocycles. The molecule has 42 heavy (non-hydrogen) atoms. The van der Waals surface area contributed by atoms with E-state index in [4.69, 9.17) is 19.4 Å². The molecule has 2 aliphatic rings. The van der Waals surface area contributed by atoms with Crippen molar-refractivity contribution < 1.29 is 37.3 Å². The molecule has 0 radical (unpaired) electrons. The minimum Gasteiger partial charge on any atom is -0.475 e. The number of alkyl halides is 3. The van der Waals surface area contributed by atoms with Crippen molar-refractivity contribution in [3.05, 3.63) is 66.4 Å². The lowest BCUT2D eigenvalue weighted by molar-refractivity contribution is -0.192. The molecular formula is C28H33F3N6O5. The predicted octanol–water partition coefficient (Wildman–Crippen LogP) is 3.34. The maximum atomic E-state index is 13.0. The van der Waals surface area contributed by atoms with Crippen LogP contribution in [0, 0.1) is 0 Å². The van der Waals surface area contributed by atoms with Gasteiger partial charge in [-0.15, -0.1) is 0 Å². The van der Waals surface area contributed by atoms with Crippen molar-refractivity contribution in [2.75, 3.05) is 81.2 Å². The van der Waals surface area contributed by atoms with Crippen molar-refractivity contribution in [1.82, 2.24) is 14.7 Å². The molecule has 2 aliphatic heterocycles. The van der Waals surface area contributed by atoms with E-state index >= 15 is 0 Å². The molecule has 3 aromatic rings. The van der Waals surface area contributed by atoms with Crippen LogP contribution in [0.15, 0.2) is 60.8 Å². The Bertz CT molecular complexity index is 1310. The number of carboxylic acid groups (broad SMARTS) is 1. The summed E-state index contributed by atoms with van der Waals surface area (Å²) >= 11 is 0. The van der Waals surface area contributed by atoms with Gasteiger partial charge in [0.1, 0.15) is 5.82 Å². The number of nitrogens with one attached hydrogen (secondary N) is 2. The number of hydrogen-bond donors (Lipinski definition) is 3. The summed E-state index contributed by atoms with van der Waals surface area (Å²) in [6, 6.07) is 17.4. The SMILES string of the molecule is O=C(Nc1ccc(N2CCOCC2)cc1)c1cccc(-n2nccc2NCCN2CCOCC2)c1.O=C(O)C(F)(F)F. The fourth-order valence-corrected chi connectivity index (χ4v) is 4.37. The average Bonchev–Trinajstić information content (AvgIpc) is 3.47. The number of halogens is 3. The lowest BCUT2D eigenvalue weighted by atomic mass is 10.1. The second-order valence-corrected chi connectivity index (χ2v) is 9.46. The van der Waals surface area contributed by atoms with E-state index in [-0.39, 0.29) is 5.91 Å². The van der Waals surface area contributed by atoms with Gasteiger partial charge in [0, 0.05) is 62.3 Å². The summed E-state index contributed by atoms with van der Waals surface area (Å²) < 4.78 is 44.4. The van der Waals surface area contributed by atoms with Gasteiger partial charge in [-0.25, -0.2) is 9.48 Å². The Morgan fingerprint density at radius 3 is 2.19 bits per heavy atom. The lowest BCUT2D eigenvalue weighted by Gasteiger charge is -2.28. The number of morpholine rings is 2. The maximum absolute atomic E-state index is 13.0. The minimum absolute atomic E-state index is 0.153. The molecule has 0 unspecified atom stereocenters. The predicted molar refractivity (Wildman–Crippen MR) is 150 cm³/mol. The zero-order chi connectivity index (χ0) is 30.0. The Morgan fingerprint density at radius 2 is 1.55 bits per heavy atom. The highest BCUT2D eigenvalue weighted by Gasteiger charge is 2.38. The normalized spacial score (nSPS) is 15.8. The smallest absolute Gasteiger partial charge is 0.475 e. The van der Waals surface area contributed by atoms with Gasteiger partial charge in [0.05, 0.1) is 38.3 Å². The number of anilines is 3. The Kier molecular flexibility index (Phi) is 10.8. The van der Waals surface area contributed by atoms with Crippen LogP contribution in [0.5, 0.6) is 0 Å². The van der Waals surface area contributed by atoms with Gasteiger partial charge in [-0.3, -0.25) is 9.69 Å². The summed E-state index contributed by atoms with van der Waals surface area (Å²) in [6.07, 6.45) is -3.32. The van der Waals surface area contributed by atoms with Gasteiger partial charge in [-0.2, -0.15) is 18.3 Å². The number of nitrogens with zero attached hydrogens (tertiary/aromatic N) is 4. The minimum atomic E-state index is -5.08. The van der Waals surface area contributed by atoms with E-state index in [1.54, 1.807) is 6.20 Å². The first-order valence-corrected chi connectivity index (χ1v) is 13.4. The molecule has 226 valence electrons. The third kappa shape index (κ3) is 8.93. The lowest BCUT2D eigenvalue weighted by Crippen LogP contribution is -2.39. The summed E-state index contributed by atoms with van der Waals surface area (Å²) in [7, 11) is 0. The number of hydrogen-bond acceptors (Lipinski definition) is 8. The van der Waals surface area contributed by atoms with Crippen LogP contribution >= 0.6 is 0 Å². The van der Waals surface area contributed by atoms with Crippen molar-refractivity contribution in [3.8, 4) is 5.69 Å². The molecule has 5 rings (SSSR count). The van der Waals surface area contributed by atoms with Crippen molar-refractivity contribution in [2.45, 2.75) is 6.18 Å². The van der Waals surface area contributed by atoms with E-state index in [0.29, 0.717) is 5.56 Å². The number of aromatic nitrogens is 2. The molecule has 3 N–H and O–H groups in total. The second-order valence-electron chi connectivity index (χ2n) is 9.46. The summed E-state index contributed by atoms with van der Waals surface area (Å²) in [6.45, 7) is 8.55. The number of benzene rings is 2. The number of carbonyl (C=O) groups excluding carboxylic acids is 1. The molecule has 0 saturated carbocycles. The number of aliphatic carboxylic acids is 1. The number of carbonyl (C=O) groups is 2. The summed E-state index contributed by atoms with van der Waals surface area (Å²) in [5, 5.41) is 18.1. The van der Waals surface area contributed by atoms with Crippen molar-refractivity contribution in [3.63, 3.8) is 0 Å². The van der Waals surface area contributed by atoms with E-state index in [9.17, 15) is 18.0 Å². The van der Waals surface area contributed by atoms with Crippen LogP contribution in [-0.2, 0) is 14.3 Å². The molecule has 11 nitrogen and oxygen atoms in total. The largest absolute Gasteiger partial charge is 0.490 e. The molecular weight excluding hydrogens is 557 g/mol. The molecule has 1 aromatic heterocycles. The van der Waals surface area contributed by atoms with Gasteiger partial charge in [0.2, 0.25) is 0 Å². The molecule has 0 aliphatic carbocycles. The number of carboxylic acids is 1. The topological polar surface area (TPSA) is 121 Å². The van der Waals surface area contributed by atoms with Gasteiger partial charge in [0.15, 0.2) is 0 Å². The first kappa shape index (κ1) is 30.8. The highest BCUT2D eigenvalue weighted by atomic mass is 19.4. The van der Waals surface area contributed by atoms with E-state index < -0.39 is 12.1 Å². The van der Waals surface area contributed by atoms with E-state index in [0.717, 1.165) is 88.6 Å². The Labute approximate surface area is 240 Å². The zero-order valence-corrected chi connectivity index (χ0v) is 22.8. The molecule has 0 bridgehead atoms. The van der Waals surface area contributed by atoms with Crippen LogP contribution in [0.2, 0.25) is 0 Å². The first-order chi connectivity index (χ1) is 20.2. The van der Waals surface area contributed by atoms with E-state index in [1.807, 2.05) is 59.3 Å². The molecule has 0 atom stereocenters. The third-order valence-electron chi connectivity index (χ3n) is 6.58. The van der Waals surface area contributed by atoms with Crippen LogP contribution in [0.3, 0.4) is 0 Å². The highest BCUT2D eigenvalue weighted by molar-refractivity contribution is 6.04. The summed E-state index contributed by atoms with van der Waals surface area (Å²) in [5.74, 6) is -2.01. The molecule has 2 aromatic carbocycles. The number of rotatable bonds is 8. The number of ether oxygens (including phenoxy) is 2. The molecule has 1 amide bonds. The maximum Gasteiger partial charge on any atom is 0.490 e. The summed E-state index contributed by atoms with van der Waals surface area (Å²) in [4.78, 5) is 26.5. The Hall–Kier alpha value is -4.14. The van der Waals surface area contributed by atoms with Gasteiger partial charge < -0.3 is 30.1 Å². The summed E-state index contributed by atoms with van der Waals surface area (Å²) in [5.41, 5.74) is 3.32. The van der Waals surface area contributed by atoms with Gasteiger partial charge in [0.25, 0.3) is 5.91 Å². The van der Waals surface area contributed by atoms with E-state index in [2.05, 4.69) is 25.5 Å². The van der Waals surface area contributed by atoms with Crippen LogP contribution < -0.4 is 15.5 Å². The quantitative estimate of drug-likeness (QED) is 0.363. The monoisotopic (exact) mass is 590 g/mol.